The van der Waals surface area contributed by atoms with E-state index >= 15 is 0 Å². The number of hydrogen-bond acceptors (Lipinski definition) is 4. The lowest BCUT2D eigenvalue weighted by Crippen LogP contribution is -2.52. The molecule has 1 amide bonds. The Bertz CT molecular complexity index is 534. The van der Waals surface area contributed by atoms with Crippen LogP contribution in [0.3, 0.4) is 0 Å². The second-order valence-electron chi connectivity index (χ2n) is 5.64. The summed E-state index contributed by atoms with van der Waals surface area (Å²) in [5.74, 6) is 0.917. The van der Waals surface area contributed by atoms with Crippen molar-refractivity contribution in [2.45, 2.75) is 6.42 Å². The van der Waals surface area contributed by atoms with E-state index in [0.717, 1.165) is 26.2 Å². The molecule has 2 aliphatic heterocycles. The number of piperidine rings is 2. The summed E-state index contributed by atoms with van der Waals surface area (Å²) in [6.07, 6.45) is 1.17. The number of benzene rings is 1. The van der Waals surface area contributed by atoms with E-state index in [0.29, 0.717) is 17.4 Å². The minimum absolute atomic E-state index is 0.0327. The molecule has 106 valence electrons. The lowest BCUT2D eigenvalue weighted by atomic mass is 9.85. The quantitative estimate of drug-likeness (QED) is 0.651. The standard InChI is InChI=1S/C14H17N3O3/c18-14(12-2-1-3-13(5-12)17(19)20)16-8-10-4-11(9-16)7-15-6-10/h1-3,5,10-11,15H,4,6-9H2/t10-,11+. The van der Waals surface area contributed by atoms with E-state index in [1.54, 1.807) is 12.1 Å². The molecule has 1 N–H and O–H groups in total. The summed E-state index contributed by atoms with van der Waals surface area (Å²) in [5, 5.41) is 14.2. The van der Waals surface area contributed by atoms with Gasteiger partial charge in [-0.3, -0.25) is 14.9 Å². The highest BCUT2D eigenvalue weighted by atomic mass is 16.6. The smallest absolute Gasteiger partial charge is 0.270 e. The van der Waals surface area contributed by atoms with Crippen molar-refractivity contribution in [3.05, 3.63) is 39.9 Å². The second kappa shape index (κ2) is 5.20. The van der Waals surface area contributed by atoms with Crippen LogP contribution in [0.4, 0.5) is 5.69 Å². The highest BCUT2D eigenvalue weighted by Gasteiger charge is 2.33. The molecule has 0 saturated carbocycles. The number of nitrogens with one attached hydrogen (secondary N) is 1. The third-order valence-corrected chi connectivity index (χ3v) is 4.08. The summed E-state index contributed by atoms with van der Waals surface area (Å²) in [6.45, 7) is 3.39. The van der Waals surface area contributed by atoms with Gasteiger partial charge in [0.05, 0.1) is 4.92 Å². The molecule has 20 heavy (non-hydrogen) atoms. The number of amides is 1. The van der Waals surface area contributed by atoms with Gasteiger partial charge in [-0.1, -0.05) is 6.07 Å². The average molecular weight is 275 g/mol. The van der Waals surface area contributed by atoms with Gasteiger partial charge in [0.2, 0.25) is 0 Å². The lowest BCUT2D eigenvalue weighted by Gasteiger charge is -2.41. The normalized spacial score (nSPS) is 25.3. The molecule has 0 radical (unpaired) electrons. The van der Waals surface area contributed by atoms with E-state index in [-0.39, 0.29) is 11.6 Å². The number of hydrogen-bond donors (Lipinski definition) is 1. The van der Waals surface area contributed by atoms with Crippen LogP contribution in [-0.2, 0) is 0 Å². The minimum Gasteiger partial charge on any atom is -0.338 e. The first-order chi connectivity index (χ1) is 9.63. The molecule has 2 atom stereocenters. The molecule has 2 heterocycles. The number of likely N-dealkylation sites (tertiary alicyclic amines) is 1. The van der Waals surface area contributed by atoms with Crippen molar-refractivity contribution in [2.24, 2.45) is 11.8 Å². The molecule has 0 aliphatic carbocycles. The molecule has 0 unspecified atom stereocenters. The number of nitro groups is 1. The lowest BCUT2D eigenvalue weighted by molar-refractivity contribution is -0.384. The number of nitrogens with zero attached hydrogens (tertiary/aromatic N) is 2. The third kappa shape index (κ3) is 2.51. The summed E-state index contributed by atoms with van der Waals surface area (Å²) in [7, 11) is 0. The fourth-order valence-corrected chi connectivity index (χ4v) is 3.21. The molecular formula is C14H17N3O3. The van der Waals surface area contributed by atoms with Crippen molar-refractivity contribution in [1.29, 1.82) is 0 Å². The molecule has 1 aromatic rings. The maximum Gasteiger partial charge on any atom is 0.270 e. The van der Waals surface area contributed by atoms with Crippen LogP contribution in [0.25, 0.3) is 0 Å². The zero-order valence-electron chi connectivity index (χ0n) is 11.1. The van der Waals surface area contributed by atoms with Gasteiger partial charge in [-0.25, -0.2) is 0 Å². The Morgan fingerprint density at radius 3 is 2.65 bits per heavy atom. The number of nitro benzene ring substituents is 1. The number of fused-ring (bicyclic) bond motifs is 2. The molecule has 2 bridgehead atoms. The zero-order valence-corrected chi connectivity index (χ0v) is 11.1. The van der Waals surface area contributed by atoms with Gasteiger partial charge in [0.25, 0.3) is 11.6 Å². The average Bonchev–Trinajstić information content (AvgIpc) is 2.46. The van der Waals surface area contributed by atoms with Crippen LogP contribution in [0.1, 0.15) is 16.8 Å². The van der Waals surface area contributed by atoms with Gasteiger partial charge in [0, 0.05) is 30.8 Å². The van der Waals surface area contributed by atoms with Gasteiger partial charge in [-0.05, 0) is 37.4 Å². The first-order valence-electron chi connectivity index (χ1n) is 6.88. The topological polar surface area (TPSA) is 75.5 Å². The SMILES string of the molecule is O=C(c1cccc([N+](=O)[O-])c1)N1C[C@@H]2CNC[C@@H](C2)C1. The summed E-state index contributed by atoms with van der Waals surface area (Å²) < 4.78 is 0. The molecule has 3 rings (SSSR count). The molecule has 0 spiro atoms. The molecule has 0 aromatic heterocycles. The predicted octanol–water partition coefficient (Wildman–Crippen LogP) is 1.28. The number of non-ortho nitro benzene ring substituents is 1. The maximum atomic E-state index is 12.5. The van der Waals surface area contributed by atoms with Gasteiger partial charge in [-0.15, -0.1) is 0 Å². The number of rotatable bonds is 2. The van der Waals surface area contributed by atoms with Crippen LogP contribution in [-0.4, -0.2) is 41.9 Å². The second-order valence-corrected chi connectivity index (χ2v) is 5.64. The largest absolute Gasteiger partial charge is 0.338 e. The van der Waals surface area contributed by atoms with Gasteiger partial charge in [0.1, 0.15) is 0 Å². The van der Waals surface area contributed by atoms with Crippen molar-refractivity contribution >= 4 is 11.6 Å². The first-order valence-corrected chi connectivity index (χ1v) is 6.88. The Labute approximate surface area is 116 Å². The third-order valence-electron chi connectivity index (χ3n) is 4.08. The van der Waals surface area contributed by atoms with Crippen molar-refractivity contribution in [3.8, 4) is 0 Å². The Morgan fingerprint density at radius 2 is 2.00 bits per heavy atom. The van der Waals surface area contributed by atoms with Crippen molar-refractivity contribution in [2.75, 3.05) is 26.2 Å². The van der Waals surface area contributed by atoms with Crippen LogP contribution in [0.2, 0.25) is 0 Å². The van der Waals surface area contributed by atoms with Gasteiger partial charge >= 0.3 is 0 Å². The highest BCUT2D eigenvalue weighted by Crippen LogP contribution is 2.26. The Kier molecular flexibility index (Phi) is 3.40. The molecule has 6 heteroatoms. The predicted molar refractivity (Wildman–Crippen MR) is 73.5 cm³/mol. The summed E-state index contributed by atoms with van der Waals surface area (Å²) in [6, 6.07) is 5.99. The summed E-state index contributed by atoms with van der Waals surface area (Å²) in [5.41, 5.74) is 0.377. The van der Waals surface area contributed by atoms with Crippen molar-refractivity contribution in [1.82, 2.24) is 10.2 Å². The monoisotopic (exact) mass is 275 g/mol. The van der Waals surface area contributed by atoms with E-state index in [2.05, 4.69) is 5.32 Å². The van der Waals surface area contributed by atoms with Crippen LogP contribution >= 0.6 is 0 Å². The molecule has 2 saturated heterocycles. The zero-order chi connectivity index (χ0) is 14.1. The van der Waals surface area contributed by atoms with E-state index < -0.39 is 4.92 Å². The fourth-order valence-electron chi connectivity index (χ4n) is 3.21. The number of carbonyl (C=O) groups is 1. The van der Waals surface area contributed by atoms with Crippen molar-refractivity contribution < 1.29 is 9.72 Å². The summed E-state index contributed by atoms with van der Waals surface area (Å²) >= 11 is 0. The Balaban J connectivity index is 1.78. The van der Waals surface area contributed by atoms with Crippen LogP contribution in [0.15, 0.2) is 24.3 Å². The van der Waals surface area contributed by atoms with Crippen molar-refractivity contribution in [3.63, 3.8) is 0 Å². The molecule has 1 aromatic carbocycles. The fraction of sp³-hybridized carbons (Fsp3) is 0.500. The van der Waals surface area contributed by atoms with Crippen LogP contribution in [0.5, 0.6) is 0 Å². The van der Waals surface area contributed by atoms with E-state index in [1.165, 1.54) is 18.6 Å². The van der Waals surface area contributed by atoms with Gasteiger partial charge in [0.15, 0.2) is 0 Å². The van der Waals surface area contributed by atoms with Crippen LogP contribution in [0, 0.1) is 22.0 Å². The van der Waals surface area contributed by atoms with Gasteiger partial charge in [-0.2, -0.15) is 0 Å². The Hall–Kier alpha value is -1.95. The maximum absolute atomic E-state index is 12.5. The minimum atomic E-state index is -0.467. The molecule has 2 fully saturated rings. The highest BCUT2D eigenvalue weighted by molar-refractivity contribution is 5.94. The molecule has 2 aliphatic rings. The van der Waals surface area contributed by atoms with E-state index in [1.807, 2.05) is 4.90 Å². The number of carbonyl (C=O) groups excluding carboxylic acids is 1. The molecular weight excluding hydrogens is 258 g/mol. The van der Waals surface area contributed by atoms with E-state index in [9.17, 15) is 14.9 Å². The Morgan fingerprint density at radius 1 is 1.30 bits per heavy atom. The first kappa shape index (κ1) is 13.1. The molecule has 6 nitrogen and oxygen atoms in total. The van der Waals surface area contributed by atoms with E-state index in [4.69, 9.17) is 0 Å². The summed E-state index contributed by atoms with van der Waals surface area (Å²) in [4.78, 5) is 24.7. The van der Waals surface area contributed by atoms with Gasteiger partial charge < -0.3 is 10.2 Å². The van der Waals surface area contributed by atoms with Crippen LogP contribution < -0.4 is 5.32 Å².